The summed E-state index contributed by atoms with van der Waals surface area (Å²) in [4.78, 5) is 18.0. The second-order valence-electron chi connectivity index (χ2n) is 5.94. The molecular weight excluding hydrogens is 356 g/mol. The molecule has 0 aliphatic carbocycles. The van der Waals surface area contributed by atoms with E-state index in [1.165, 1.54) is 0 Å². The van der Waals surface area contributed by atoms with Crippen LogP contribution in [-0.4, -0.2) is 16.1 Å². The van der Waals surface area contributed by atoms with Gasteiger partial charge in [-0.15, -0.1) is 0 Å². The first-order valence-electron chi connectivity index (χ1n) is 8.42. The molecule has 2 N–H and O–H groups in total. The molecule has 27 heavy (non-hydrogen) atoms. The fourth-order valence-corrected chi connectivity index (χ4v) is 3.79. The molecular formula is C22H16N2O2S. The highest BCUT2D eigenvalue weighted by atomic mass is 32.2. The first-order chi connectivity index (χ1) is 13.2. The lowest BCUT2D eigenvalue weighted by Gasteiger charge is -2.12. The molecule has 1 heterocycles. The number of carboxylic acids is 1. The van der Waals surface area contributed by atoms with Gasteiger partial charge in [-0.25, -0.2) is 4.79 Å². The van der Waals surface area contributed by atoms with Crippen LogP contribution >= 0.6 is 11.8 Å². The first-order valence-corrected chi connectivity index (χ1v) is 9.23. The van der Waals surface area contributed by atoms with Gasteiger partial charge in [0.05, 0.1) is 11.1 Å². The smallest absolute Gasteiger partial charge is 0.335 e. The standard InChI is InChI=1S/C22H16N2O2S/c25-22(26)15-6-4-7-16(14-15)24-19-12-13-23-21-18(19)10-5-11-20(21)27-17-8-2-1-3-9-17/h1-14H,(H,23,24)(H,25,26). The minimum absolute atomic E-state index is 0.249. The first kappa shape index (κ1) is 17.1. The highest BCUT2D eigenvalue weighted by Crippen LogP contribution is 2.35. The number of para-hydroxylation sites is 1. The number of anilines is 2. The lowest BCUT2D eigenvalue weighted by molar-refractivity contribution is 0.0697. The van der Waals surface area contributed by atoms with Crippen LogP contribution in [0.5, 0.6) is 0 Å². The zero-order chi connectivity index (χ0) is 18.6. The number of pyridine rings is 1. The summed E-state index contributed by atoms with van der Waals surface area (Å²) in [7, 11) is 0. The molecule has 0 amide bonds. The van der Waals surface area contributed by atoms with Crippen molar-refractivity contribution in [2.75, 3.05) is 5.32 Å². The molecule has 4 aromatic rings. The SMILES string of the molecule is O=C(O)c1cccc(Nc2ccnc3c(Sc4ccccc4)cccc23)c1. The Labute approximate surface area is 160 Å². The monoisotopic (exact) mass is 372 g/mol. The van der Waals surface area contributed by atoms with Crippen LogP contribution in [0.1, 0.15) is 10.4 Å². The van der Waals surface area contributed by atoms with E-state index in [1.54, 1.807) is 36.2 Å². The highest BCUT2D eigenvalue weighted by Gasteiger charge is 2.09. The van der Waals surface area contributed by atoms with Gasteiger partial charge in [-0.05, 0) is 42.5 Å². The van der Waals surface area contributed by atoms with E-state index in [4.69, 9.17) is 0 Å². The number of hydrogen-bond acceptors (Lipinski definition) is 4. The molecule has 0 bridgehead atoms. The molecule has 0 saturated carbocycles. The summed E-state index contributed by atoms with van der Waals surface area (Å²) in [5.74, 6) is -0.945. The Morgan fingerprint density at radius 1 is 0.926 bits per heavy atom. The molecule has 0 spiro atoms. The number of hydrogen-bond donors (Lipinski definition) is 2. The van der Waals surface area contributed by atoms with Gasteiger partial charge in [0.25, 0.3) is 0 Å². The Morgan fingerprint density at radius 2 is 1.74 bits per heavy atom. The van der Waals surface area contributed by atoms with E-state index in [2.05, 4.69) is 28.5 Å². The zero-order valence-corrected chi connectivity index (χ0v) is 15.1. The van der Waals surface area contributed by atoms with Crippen molar-refractivity contribution in [3.05, 3.63) is 90.6 Å². The van der Waals surface area contributed by atoms with Crippen molar-refractivity contribution in [1.29, 1.82) is 0 Å². The second kappa shape index (κ2) is 7.51. The summed E-state index contributed by atoms with van der Waals surface area (Å²) in [5.41, 5.74) is 2.77. The van der Waals surface area contributed by atoms with Crippen molar-refractivity contribution >= 4 is 40.0 Å². The van der Waals surface area contributed by atoms with Crippen LogP contribution in [0, 0.1) is 0 Å². The van der Waals surface area contributed by atoms with Gasteiger partial charge in [0.1, 0.15) is 0 Å². The molecule has 0 saturated heterocycles. The summed E-state index contributed by atoms with van der Waals surface area (Å²) in [6.07, 6.45) is 1.76. The van der Waals surface area contributed by atoms with Crippen molar-refractivity contribution < 1.29 is 9.90 Å². The van der Waals surface area contributed by atoms with E-state index in [0.29, 0.717) is 0 Å². The van der Waals surface area contributed by atoms with Crippen LogP contribution < -0.4 is 5.32 Å². The molecule has 4 nitrogen and oxygen atoms in total. The van der Waals surface area contributed by atoms with Gasteiger partial charge in [0.2, 0.25) is 0 Å². The summed E-state index contributed by atoms with van der Waals surface area (Å²) >= 11 is 1.67. The number of rotatable bonds is 5. The van der Waals surface area contributed by atoms with Gasteiger partial charge >= 0.3 is 5.97 Å². The molecule has 1 aromatic heterocycles. The molecule has 0 atom stereocenters. The normalized spacial score (nSPS) is 10.7. The van der Waals surface area contributed by atoms with Gasteiger partial charge in [-0.3, -0.25) is 4.98 Å². The number of carboxylic acid groups (broad SMARTS) is 1. The topological polar surface area (TPSA) is 62.2 Å². The van der Waals surface area contributed by atoms with E-state index >= 15 is 0 Å². The van der Waals surface area contributed by atoms with Crippen LogP contribution in [-0.2, 0) is 0 Å². The van der Waals surface area contributed by atoms with E-state index in [-0.39, 0.29) is 5.56 Å². The van der Waals surface area contributed by atoms with Crippen LogP contribution in [0.4, 0.5) is 11.4 Å². The van der Waals surface area contributed by atoms with Gasteiger partial charge in [0.15, 0.2) is 0 Å². The maximum atomic E-state index is 11.2. The van der Waals surface area contributed by atoms with Crippen molar-refractivity contribution in [1.82, 2.24) is 4.98 Å². The third kappa shape index (κ3) is 3.78. The quantitative estimate of drug-likeness (QED) is 0.462. The van der Waals surface area contributed by atoms with Gasteiger partial charge < -0.3 is 10.4 Å². The molecule has 0 radical (unpaired) electrons. The Hall–Kier alpha value is -3.31. The van der Waals surface area contributed by atoms with Crippen LogP contribution in [0.15, 0.2) is 94.9 Å². The lowest BCUT2D eigenvalue weighted by Crippen LogP contribution is -1.98. The minimum Gasteiger partial charge on any atom is -0.478 e. The molecule has 0 aliphatic heterocycles. The van der Waals surface area contributed by atoms with E-state index in [1.807, 2.05) is 42.5 Å². The largest absolute Gasteiger partial charge is 0.478 e. The Bertz CT molecular complexity index is 1110. The molecule has 5 heteroatoms. The predicted molar refractivity (Wildman–Crippen MR) is 109 cm³/mol. The fourth-order valence-electron chi connectivity index (χ4n) is 2.84. The van der Waals surface area contributed by atoms with Crippen molar-refractivity contribution in [2.45, 2.75) is 9.79 Å². The Balaban J connectivity index is 1.71. The van der Waals surface area contributed by atoms with Crippen molar-refractivity contribution in [3.63, 3.8) is 0 Å². The average molecular weight is 372 g/mol. The summed E-state index contributed by atoms with van der Waals surface area (Å²) in [6.45, 7) is 0. The Morgan fingerprint density at radius 3 is 2.56 bits per heavy atom. The van der Waals surface area contributed by atoms with Crippen molar-refractivity contribution in [3.8, 4) is 0 Å². The fraction of sp³-hybridized carbons (Fsp3) is 0. The van der Waals surface area contributed by atoms with Gasteiger partial charge in [0, 0.05) is 32.7 Å². The molecule has 0 fully saturated rings. The molecule has 3 aromatic carbocycles. The summed E-state index contributed by atoms with van der Waals surface area (Å²) in [5, 5.41) is 13.5. The summed E-state index contributed by atoms with van der Waals surface area (Å²) in [6, 6.07) is 24.9. The third-order valence-corrected chi connectivity index (χ3v) is 5.15. The number of benzene rings is 3. The van der Waals surface area contributed by atoms with Crippen LogP contribution in [0.25, 0.3) is 10.9 Å². The van der Waals surface area contributed by atoms with E-state index in [0.717, 1.165) is 32.1 Å². The number of fused-ring (bicyclic) bond motifs is 1. The number of nitrogens with zero attached hydrogens (tertiary/aromatic N) is 1. The second-order valence-corrected chi connectivity index (χ2v) is 7.05. The minimum atomic E-state index is -0.945. The molecule has 132 valence electrons. The number of aromatic nitrogens is 1. The van der Waals surface area contributed by atoms with Gasteiger partial charge in [-0.1, -0.05) is 48.2 Å². The Kier molecular flexibility index (Phi) is 4.77. The average Bonchev–Trinajstić information content (AvgIpc) is 2.70. The van der Waals surface area contributed by atoms with Crippen LogP contribution in [0.3, 0.4) is 0 Å². The third-order valence-electron chi connectivity index (χ3n) is 4.09. The number of carbonyl (C=O) groups is 1. The van der Waals surface area contributed by atoms with Crippen LogP contribution in [0.2, 0.25) is 0 Å². The maximum Gasteiger partial charge on any atom is 0.335 e. The van der Waals surface area contributed by atoms with E-state index in [9.17, 15) is 9.90 Å². The molecule has 0 aliphatic rings. The van der Waals surface area contributed by atoms with E-state index < -0.39 is 5.97 Å². The van der Waals surface area contributed by atoms with Gasteiger partial charge in [-0.2, -0.15) is 0 Å². The molecule has 0 unspecified atom stereocenters. The number of nitrogens with one attached hydrogen (secondary N) is 1. The zero-order valence-electron chi connectivity index (χ0n) is 14.3. The maximum absolute atomic E-state index is 11.2. The van der Waals surface area contributed by atoms with Crippen molar-refractivity contribution in [2.24, 2.45) is 0 Å². The highest BCUT2D eigenvalue weighted by molar-refractivity contribution is 7.99. The predicted octanol–water partition coefficient (Wildman–Crippen LogP) is 5.83. The lowest BCUT2D eigenvalue weighted by atomic mass is 10.1. The number of aromatic carboxylic acids is 1. The summed E-state index contributed by atoms with van der Waals surface area (Å²) < 4.78 is 0. The molecule has 4 rings (SSSR count).